The summed E-state index contributed by atoms with van der Waals surface area (Å²) in [6.07, 6.45) is 0. The Morgan fingerprint density at radius 1 is 0.295 bits per heavy atom. The Balaban J connectivity index is 1.52. The van der Waals surface area contributed by atoms with Crippen molar-refractivity contribution in [1.82, 2.24) is 0 Å². The highest BCUT2D eigenvalue weighted by Gasteiger charge is 2.42. The Bertz CT molecular complexity index is 2100. The summed E-state index contributed by atoms with van der Waals surface area (Å²) in [4.78, 5) is 0. The van der Waals surface area contributed by atoms with Crippen LogP contribution in [0.4, 0.5) is 0 Å². The first kappa shape index (κ1) is 26.6. The summed E-state index contributed by atoms with van der Waals surface area (Å²) < 4.78 is 2.67. The zero-order valence-corrected chi connectivity index (χ0v) is 26.0. The molecular formula is C42H30SSi. The lowest BCUT2D eigenvalue weighted by Crippen LogP contribution is -2.74. The highest BCUT2D eigenvalue weighted by atomic mass is 32.1. The molecule has 0 nitrogen and oxygen atoms in total. The lowest BCUT2D eigenvalue weighted by Gasteiger charge is -2.35. The van der Waals surface area contributed by atoms with Gasteiger partial charge in [-0.2, -0.15) is 0 Å². The summed E-state index contributed by atoms with van der Waals surface area (Å²) in [5.41, 5.74) is 4.95. The second-order valence-corrected chi connectivity index (χ2v) is 16.2. The van der Waals surface area contributed by atoms with Crippen molar-refractivity contribution >= 4 is 60.3 Å². The van der Waals surface area contributed by atoms with Crippen molar-refractivity contribution in [2.75, 3.05) is 0 Å². The van der Waals surface area contributed by atoms with E-state index in [2.05, 4.69) is 182 Å². The second kappa shape index (κ2) is 11.2. The minimum absolute atomic E-state index is 1.23. The molecule has 0 aliphatic carbocycles. The minimum atomic E-state index is -2.80. The Morgan fingerprint density at radius 3 is 1.34 bits per heavy atom. The van der Waals surface area contributed by atoms with Gasteiger partial charge in [-0.05, 0) is 61.2 Å². The lowest BCUT2D eigenvalue weighted by atomic mass is 9.99. The van der Waals surface area contributed by atoms with Crippen molar-refractivity contribution in [3.05, 3.63) is 182 Å². The number of hydrogen-bond donors (Lipinski definition) is 0. The van der Waals surface area contributed by atoms with Crippen molar-refractivity contribution in [1.29, 1.82) is 0 Å². The number of benzene rings is 7. The van der Waals surface area contributed by atoms with Crippen LogP contribution in [0, 0.1) is 0 Å². The molecule has 0 amide bonds. The standard InChI is InChI=1S/C42H30SSi/c1-5-15-31(16-6-1)33-27-34(32-17-7-2-8-18-32)29-38(28-33)44(35-19-9-3-10-20-35,36-21-11-4-12-22-36)37-25-26-42-40(30-37)39-23-13-14-24-41(39)43-42/h1-30H. The third-order valence-corrected chi connectivity index (χ3v) is 14.7. The van der Waals surface area contributed by atoms with Gasteiger partial charge in [0.25, 0.3) is 0 Å². The van der Waals surface area contributed by atoms with Gasteiger partial charge in [0.1, 0.15) is 0 Å². The van der Waals surface area contributed by atoms with Gasteiger partial charge in [0, 0.05) is 20.2 Å². The molecule has 2 heteroatoms. The molecule has 0 N–H and O–H groups in total. The molecule has 0 aliphatic heterocycles. The fraction of sp³-hybridized carbons (Fsp3) is 0. The number of thiophene rings is 1. The molecule has 0 spiro atoms. The van der Waals surface area contributed by atoms with Crippen LogP contribution >= 0.6 is 11.3 Å². The monoisotopic (exact) mass is 594 g/mol. The van der Waals surface area contributed by atoms with E-state index >= 15 is 0 Å². The molecule has 0 bridgehead atoms. The molecular weight excluding hydrogens is 565 g/mol. The van der Waals surface area contributed by atoms with Gasteiger partial charge < -0.3 is 0 Å². The van der Waals surface area contributed by atoms with Crippen molar-refractivity contribution in [2.45, 2.75) is 0 Å². The molecule has 7 aromatic carbocycles. The zero-order valence-electron chi connectivity index (χ0n) is 24.2. The molecule has 1 aromatic heterocycles. The average Bonchev–Trinajstić information content (AvgIpc) is 3.48. The lowest BCUT2D eigenvalue weighted by molar-refractivity contribution is 1.59. The van der Waals surface area contributed by atoms with Crippen LogP contribution in [0.2, 0.25) is 0 Å². The second-order valence-electron chi connectivity index (χ2n) is 11.3. The van der Waals surface area contributed by atoms with E-state index in [0.717, 1.165) is 0 Å². The molecule has 208 valence electrons. The molecule has 0 atom stereocenters. The molecule has 0 radical (unpaired) electrons. The van der Waals surface area contributed by atoms with E-state index < -0.39 is 8.07 Å². The Kier molecular flexibility index (Phi) is 6.79. The summed E-state index contributed by atoms with van der Waals surface area (Å²) in [5.74, 6) is 0. The first-order chi connectivity index (χ1) is 21.8. The maximum Gasteiger partial charge on any atom is 0.179 e. The molecule has 0 fully saturated rings. The average molecular weight is 595 g/mol. The molecule has 0 unspecified atom stereocenters. The SMILES string of the molecule is c1ccc(-c2cc(-c3ccccc3)cc([Si](c3ccccc3)(c3ccccc3)c3ccc4sc5ccccc5c4c3)c2)cc1. The van der Waals surface area contributed by atoms with Gasteiger partial charge in [-0.3, -0.25) is 0 Å². The van der Waals surface area contributed by atoms with Gasteiger partial charge in [0.2, 0.25) is 0 Å². The van der Waals surface area contributed by atoms with Gasteiger partial charge in [0.15, 0.2) is 8.07 Å². The van der Waals surface area contributed by atoms with Crippen molar-refractivity contribution in [3.8, 4) is 22.3 Å². The van der Waals surface area contributed by atoms with E-state index in [1.165, 1.54) is 63.2 Å². The maximum atomic E-state index is 2.51. The fourth-order valence-electron chi connectivity index (χ4n) is 6.77. The van der Waals surface area contributed by atoms with Crippen LogP contribution < -0.4 is 20.7 Å². The highest BCUT2D eigenvalue weighted by molar-refractivity contribution is 7.26. The van der Waals surface area contributed by atoms with Gasteiger partial charge in [-0.25, -0.2) is 0 Å². The van der Waals surface area contributed by atoms with Crippen LogP contribution in [0.5, 0.6) is 0 Å². The van der Waals surface area contributed by atoms with Gasteiger partial charge in [-0.15, -0.1) is 11.3 Å². The first-order valence-corrected chi connectivity index (χ1v) is 17.9. The van der Waals surface area contributed by atoms with Crippen molar-refractivity contribution < 1.29 is 0 Å². The third kappa shape index (κ3) is 4.51. The summed E-state index contributed by atoms with van der Waals surface area (Å²) in [6, 6.07) is 67.6. The first-order valence-electron chi connectivity index (χ1n) is 15.1. The van der Waals surface area contributed by atoms with Crippen LogP contribution in [-0.2, 0) is 0 Å². The normalized spacial score (nSPS) is 11.6. The number of fused-ring (bicyclic) bond motifs is 3. The number of hydrogen-bond acceptors (Lipinski definition) is 1. The van der Waals surface area contributed by atoms with E-state index in [9.17, 15) is 0 Å². The van der Waals surface area contributed by atoms with E-state index in [0.29, 0.717) is 0 Å². The summed E-state index contributed by atoms with van der Waals surface area (Å²) in [5, 5.41) is 8.23. The largest absolute Gasteiger partial charge is 0.179 e. The quantitative estimate of drug-likeness (QED) is 0.133. The fourth-order valence-corrected chi connectivity index (χ4v) is 12.7. The summed E-state index contributed by atoms with van der Waals surface area (Å²) >= 11 is 1.88. The van der Waals surface area contributed by atoms with Gasteiger partial charge in [-0.1, -0.05) is 164 Å². The van der Waals surface area contributed by atoms with Crippen LogP contribution in [0.1, 0.15) is 0 Å². The number of rotatable bonds is 6. The maximum absolute atomic E-state index is 2.80. The van der Waals surface area contributed by atoms with E-state index in [1.54, 1.807) is 0 Å². The van der Waals surface area contributed by atoms with Crippen LogP contribution in [0.15, 0.2) is 182 Å². The zero-order chi connectivity index (χ0) is 29.3. The van der Waals surface area contributed by atoms with E-state index in [1.807, 2.05) is 11.3 Å². The van der Waals surface area contributed by atoms with Crippen molar-refractivity contribution in [2.24, 2.45) is 0 Å². The molecule has 8 rings (SSSR count). The minimum Gasteiger partial charge on any atom is -0.135 e. The molecule has 1 heterocycles. The Hall–Kier alpha value is -5.02. The predicted molar refractivity (Wildman–Crippen MR) is 194 cm³/mol. The topological polar surface area (TPSA) is 0 Å². The molecule has 8 aromatic rings. The molecule has 0 saturated heterocycles. The van der Waals surface area contributed by atoms with Crippen molar-refractivity contribution in [3.63, 3.8) is 0 Å². The van der Waals surface area contributed by atoms with Gasteiger partial charge in [0.05, 0.1) is 0 Å². The molecule has 0 aliphatic rings. The third-order valence-electron chi connectivity index (χ3n) is 8.80. The summed E-state index contributed by atoms with van der Waals surface area (Å²) in [7, 11) is -2.80. The molecule has 0 saturated carbocycles. The Morgan fingerprint density at radius 2 is 0.773 bits per heavy atom. The van der Waals surface area contributed by atoms with Crippen LogP contribution in [0.25, 0.3) is 42.4 Å². The van der Waals surface area contributed by atoms with E-state index in [-0.39, 0.29) is 0 Å². The van der Waals surface area contributed by atoms with E-state index in [4.69, 9.17) is 0 Å². The predicted octanol–water partition coefficient (Wildman–Crippen LogP) is 8.77. The Labute approximate surface area is 263 Å². The smallest absolute Gasteiger partial charge is 0.135 e. The van der Waals surface area contributed by atoms with Crippen LogP contribution in [-0.4, -0.2) is 8.07 Å². The summed E-state index contributed by atoms with van der Waals surface area (Å²) in [6.45, 7) is 0. The van der Waals surface area contributed by atoms with Gasteiger partial charge >= 0.3 is 0 Å². The highest BCUT2D eigenvalue weighted by Crippen LogP contribution is 2.34. The van der Waals surface area contributed by atoms with Crippen LogP contribution in [0.3, 0.4) is 0 Å². The molecule has 44 heavy (non-hydrogen) atoms.